The highest BCUT2D eigenvalue weighted by molar-refractivity contribution is 7.92. The second-order valence-corrected chi connectivity index (χ2v) is 5.52. The molecule has 0 spiro atoms. The summed E-state index contributed by atoms with van der Waals surface area (Å²) < 4.78 is 27.9. The number of nitrogens with zero attached hydrogens (tertiary/aromatic N) is 4. The third kappa shape index (κ3) is 2.59. The van der Waals surface area contributed by atoms with Crippen LogP contribution in [0.15, 0.2) is 23.5 Å². The number of hydrogen-bond donors (Lipinski definition) is 1. The van der Waals surface area contributed by atoms with E-state index in [2.05, 4.69) is 19.7 Å². The van der Waals surface area contributed by atoms with E-state index in [9.17, 15) is 8.42 Å². The molecule has 0 atom stereocenters. The number of sulfonamides is 1. The standard InChI is InChI=1S/C9H10ClN5O2S/c1-6-12-8(5-15(6)2)18(16,17)14-7-3-4-11-9(10)13-7/h3-5H,1-2H3,(H,11,13,14). The van der Waals surface area contributed by atoms with Gasteiger partial charge in [-0.25, -0.2) is 9.97 Å². The summed E-state index contributed by atoms with van der Waals surface area (Å²) in [6.07, 6.45) is 2.78. The van der Waals surface area contributed by atoms with Crippen LogP contribution in [0.25, 0.3) is 0 Å². The van der Waals surface area contributed by atoms with Gasteiger partial charge in [0.1, 0.15) is 11.6 Å². The Morgan fingerprint density at radius 2 is 2.11 bits per heavy atom. The van der Waals surface area contributed by atoms with Crippen LogP contribution in [-0.4, -0.2) is 27.9 Å². The van der Waals surface area contributed by atoms with E-state index in [1.165, 1.54) is 18.5 Å². The van der Waals surface area contributed by atoms with Crippen LogP contribution in [0, 0.1) is 6.92 Å². The second-order valence-electron chi connectivity index (χ2n) is 3.55. The molecule has 0 radical (unpaired) electrons. The summed E-state index contributed by atoms with van der Waals surface area (Å²) in [4.78, 5) is 11.3. The molecule has 96 valence electrons. The highest BCUT2D eigenvalue weighted by Gasteiger charge is 2.19. The van der Waals surface area contributed by atoms with Crippen molar-refractivity contribution in [3.8, 4) is 0 Å². The first-order valence-electron chi connectivity index (χ1n) is 4.90. The molecule has 0 aliphatic rings. The zero-order valence-corrected chi connectivity index (χ0v) is 11.2. The highest BCUT2D eigenvalue weighted by atomic mass is 35.5. The minimum absolute atomic E-state index is 0.0348. The normalized spacial score (nSPS) is 11.5. The van der Waals surface area contributed by atoms with E-state index in [0.717, 1.165) is 0 Å². The lowest BCUT2D eigenvalue weighted by molar-refractivity contribution is 0.598. The van der Waals surface area contributed by atoms with E-state index in [-0.39, 0.29) is 16.1 Å². The monoisotopic (exact) mass is 287 g/mol. The summed E-state index contributed by atoms with van der Waals surface area (Å²) in [5.41, 5.74) is 0. The molecule has 0 saturated heterocycles. The Morgan fingerprint density at radius 3 is 2.67 bits per heavy atom. The summed E-state index contributed by atoms with van der Waals surface area (Å²) in [6, 6.07) is 1.40. The Morgan fingerprint density at radius 1 is 1.39 bits per heavy atom. The zero-order chi connectivity index (χ0) is 13.3. The molecule has 2 aromatic heterocycles. The molecule has 7 nitrogen and oxygen atoms in total. The molecule has 0 saturated carbocycles. The lowest BCUT2D eigenvalue weighted by Gasteiger charge is -2.03. The van der Waals surface area contributed by atoms with Crippen molar-refractivity contribution in [1.29, 1.82) is 0 Å². The molecule has 2 aromatic rings. The molecule has 0 fully saturated rings. The summed E-state index contributed by atoms with van der Waals surface area (Å²) in [7, 11) is -2.05. The van der Waals surface area contributed by atoms with E-state index < -0.39 is 10.0 Å². The Hall–Kier alpha value is -1.67. The van der Waals surface area contributed by atoms with Gasteiger partial charge < -0.3 is 4.57 Å². The molecule has 9 heteroatoms. The van der Waals surface area contributed by atoms with Crippen molar-refractivity contribution in [2.24, 2.45) is 7.05 Å². The fourth-order valence-electron chi connectivity index (χ4n) is 1.24. The molecule has 0 amide bonds. The molecule has 0 bridgehead atoms. The third-order valence-electron chi connectivity index (χ3n) is 2.23. The van der Waals surface area contributed by atoms with Crippen molar-refractivity contribution in [2.75, 3.05) is 4.72 Å². The zero-order valence-electron chi connectivity index (χ0n) is 9.62. The molecule has 2 rings (SSSR count). The van der Waals surface area contributed by atoms with Crippen LogP contribution in [0.3, 0.4) is 0 Å². The van der Waals surface area contributed by atoms with Crippen molar-refractivity contribution >= 4 is 27.4 Å². The van der Waals surface area contributed by atoms with Crippen LogP contribution in [0.1, 0.15) is 5.82 Å². The van der Waals surface area contributed by atoms with Crippen molar-refractivity contribution < 1.29 is 8.42 Å². The van der Waals surface area contributed by atoms with E-state index in [1.807, 2.05) is 0 Å². The fraction of sp³-hybridized carbons (Fsp3) is 0.222. The molecule has 18 heavy (non-hydrogen) atoms. The number of anilines is 1. The van der Waals surface area contributed by atoms with Gasteiger partial charge in [-0.05, 0) is 24.6 Å². The molecule has 1 N–H and O–H groups in total. The van der Waals surface area contributed by atoms with Gasteiger partial charge in [0, 0.05) is 19.4 Å². The number of halogens is 1. The van der Waals surface area contributed by atoms with Crippen LogP contribution in [0.5, 0.6) is 0 Å². The average molecular weight is 288 g/mol. The molecule has 0 aromatic carbocycles. The van der Waals surface area contributed by atoms with E-state index in [1.54, 1.807) is 18.5 Å². The number of aromatic nitrogens is 4. The van der Waals surface area contributed by atoms with Gasteiger partial charge in [0.2, 0.25) is 5.28 Å². The van der Waals surface area contributed by atoms with Crippen molar-refractivity contribution in [3.05, 3.63) is 29.6 Å². The predicted molar refractivity (Wildman–Crippen MR) is 65.8 cm³/mol. The molecule has 2 heterocycles. The Kier molecular flexibility index (Phi) is 3.22. The number of hydrogen-bond acceptors (Lipinski definition) is 5. The Balaban J connectivity index is 2.33. The predicted octanol–water partition coefficient (Wildman–Crippen LogP) is 0.973. The number of nitrogens with one attached hydrogen (secondary N) is 1. The average Bonchev–Trinajstić information content (AvgIpc) is 2.59. The lowest BCUT2D eigenvalue weighted by atomic mass is 10.6. The van der Waals surface area contributed by atoms with Crippen molar-refractivity contribution in [1.82, 2.24) is 19.5 Å². The van der Waals surface area contributed by atoms with Gasteiger partial charge in [-0.15, -0.1) is 0 Å². The fourth-order valence-corrected chi connectivity index (χ4v) is 2.43. The van der Waals surface area contributed by atoms with Crippen LogP contribution >= 0.6 is 11.6 Å². The third-order valence-corrected chi connectivity index (χ3v) is 3.63. The summed E-state index contributed by atoms with van der Waals surface area (Å²) in [5.74, 6) is 0.689. The maximum atomic E-state index is 12.0. The SMILES string of the molecule is Cc1nc(S(=O)(=O)Nc2ccnc(Cl)n2)cn1C. The van der Waals surface area contributed by atoms with Gasteiger partial charge in [-0.2, -0.15) is 13.4 Å². The Bertz CT molecular complexity index is 663. The van der Waals surface area contributed by atoms with Gasteiger partial charge in [0.25, 0.3) is 10.0 Å². The van der Waals surface area contributed by atoms with Crippen LogP contribution < -0.4 is 4.72 Å². The maximum Gasteiger partial charge on any atom is 0.282 e. The molecule has 0 unspecified atom stereocenters. The van der Waals surface area contributed by atoms with E-state index >= 15 is 0 Å². The van der Waals surface area contributed by atoms with Gasteiger partial charge >= 0.3 is 0 Å². The quantitative estimate of drug-likeness (QED) is 0.850. The largest absolute Gasteiger partial charge is 0.337 e. The Labute approximate surface area is 109 Å². The van der Waals surface area contributed by atoms with E-state index in [4.69, 9.17) is 11.6 Å². The van der Waals surface area contributed by atoms with Gasteiger partial charge in [0.05, 0.1) is 0 Å². The van der Waals surface area contributed by atoms with Gasteiger partial charge in [-0.3, -0.25) is 4.72 Å². The van der Waals surface area contributed by atoms with Crippen LogP contribution in [0.2, 0.25) is 5.28 Å². The lowest BCUT2D eigenvalue weighted by Crippen LogP contribution is -2.14. The molecule has 0 aliphatic heterocycles. The van der Waals surface area contributed by atoms with Gasteiger partial charge in [0.15, 0.2) is 5.03 Å². The summed E-state index contributed by atoms with van der Waals surface area (Å²) in [6.45, 7) is 1.71. The first-order valence-corrected chi connectivity index (χ1v) is 6.76. The smallest absolute Gasteiger partial charge is 0.282 e. The topological polar surface area (TPSA) is 89.8 Å². The second kappa shape index (κ2) is 4.54. The summed E-state index contributed by atoms with van der Waals surface area (Å²) >= 11 is 5.57. The minimum Gasteiger partial charge on any atom is -0.337 e. The van der Waals surface area contributed by atoms with Crippen molar-refractivity contribution in [3.63, 3.8) is 0 Å². The van der Waals surface area contributed by atoms with E-state index in [0.29, 0.717) is 5.82 Å². The highest BCUT2D eigenvalue weighted by Crippen LogP contribution is 2.14. The maximum absolute atomic E-state index is 12.0. The van der Waals surface area contributed by atoms with Crippen LogP contribution in [0.4, 0.5) is 5.82 Å². The molecule has 0 aliphatic carbocycles. The van der Waals surface area contributed by atoms with Crippen molar-refractivity contribution in [2.45, 2.75) is 11.9 Å². The summed E-state index contributed by atoms with van der Waals surface area (Å²) in [5, 5.41) is -0.107. The minimum atomic E-state index is -3.76. The molecular formula is C9H10ClN5O2S. The number of imidazole rings is 1. The first-order chi connectivity index (χ1) is 8.38. The first kappa shape index (κ1) is 12.8. The van der Waals surface area contributed by atoms with Gasteiger partial charge in [-0.1, -0.05) is 0 Å². The molecular weight excluding hydrogens is 278 g/mol. The van der Waals surface area contributed by atoms with Crippen LogP contribution in [-0.2, 0) is 17.1 Å². The number of rotatable bonds is 3. The number of aryl methyl sites for hydroxylation is 2.